The molecule has 10 rings (SSSR count). The van der Waals surface area contributed by atoms with Crippen molar-refractivity contribution in [1.82, 2.24) is 0 Å². The summed E-state index contributed by atoms with van der Waals surface area (Å²) in [5.74, 6) is 0. The Bertz CT molecular complexity index is 2720. The lowest BCUT2D eigenvalue weighted by Gasteiger charge is -2.25. The van der Waals surface area contributed by atoms with E-state index in [-0.39, 0.29) is 5.41 Å². The molecule has 9 aromatic carbocycles. The molecule has 1 aliphatic carbocycles. The second kappa shape index (κ2) is 10.5. The number of benzene rings is 9. The van der Waals surface area contributed by atoms with Crippen LogP contribution in [0.3, 0.4) is 0 Å². The highest BCUT2D eigenvalue weighted by Gasteiger charge is 2.37. The van der Waals surface area contributed by atoms with Crippen LogP contribution in [0.2, 0.25) is 0 Å². The first-order valence-electron chi connectivity index (χ1n) is 17.3. The summed E-state index contributed by atoms with van der Waals surface area (Å²) in [6.45, 7) is 4.78. The third kappa shape index (κ3) is 4.17. The van der Waals surface area contributed by atoms with Crippen LogP contribution in [0.15, 0.2) is 170 Å². The fourth-order valence-corrected chi connectivity index (χ4v) is 8.72. The molecule has 0 aliphatic heterocycles. The summed E-state index contributed by atoms with van der Waals surface area (Å²) in [5.41, 5.74) is 13.1. The molecule has 0 saturated carbocycles. The van der Waals surface area contributed by atoms with Crippen molar-refractivity contribution in [2.45, 2.75) is 19.3 Å². The lowest BCUT2D eigenvalue weighted by atomic mass is 9.78. The topological polar surface area (TPSA) is 0 Å². The molecule has 0 N–H and O–H groups in total. The van der Waals surface area contributed by atoms with Crippen molar-refractivity contribution in [2.24, 2.45) is 0 Å². The zero-order valence-corrected chi connectivity index (χ0v) is 27.7. The Kier molecular flexibility index (Phi) is 6.02. The van der Waals surface area contributed by atoms with Crippen molar-refractivity contribution in [3.05, 3.63) is 181 Å². The zero-order valence-electron chi connectivity index (χ0n) is 27.7. The van der Waals surface area contributed by atoms with Gasteiger partial charge in [0, 0.05) is 5.41 Å². The molecule has 0 radical (unpaired) electrons. The molecule has 0 nitrogen and oxygen atoms in total. The molecular formula is C49H34. The largest absolute Gasteiger partial charge is 0.0616 e. The molecule has 0 heterocycles. The van der Waals surface area contributed by atoms with Gasteiger partial charge in [-0.2, -0.15) is 0 Å². The number of hydrogen-bond acceptors (Lipinski definition) is 0. The van der Waals surface area contributed by atoms with Gasteiger partial charge in [-0.25, -0.2) is 0 Å². The van der Waals surface area contributed by atoms with E-state index in [4.69, 9.17) is 0 Å². The van der Waals surface area contributed by atoms with Crippen molar-refractivity contribution < 1.29 is 0 Å². The highest BCUT2D eigenvalue weighted by atomic mass is 14.4. The molecule has 0 aromatic heterocycles. The quantitative estimate of drug-likeness (QED) is 0.172. The minimum Gasteiger partial charge on any atom is -0.0616 e. The normalized spacial score (nSPS) is 13.3. The first-order chi connectivity index (χ1) is 24.1. The van der Waals surface area contributed by atoms with E-state index in [1.807, 2.05) is 0 Å². The van der Waals surface area contributed by atoms with Gasteiger partial charge in [0.25, 0.3) is 0 Å². The van der Waals surface area contributed by atoms with Crippen molar-refractivity contribution in [3.63, 3.8) is 0 Å². The van der Waals surface area contributed by atoms with Crippen LogP contribution in [0, 0.1) is 0 Å². The van der Waals surface area contributed by atoms with Crippen molar-refractivity contribution >= 4 is 43.1 Å². The molecule has 0 atom stereocenters. The van der Waals surface area contributed by atoms with E-state index in [0.29, 0.717) is 0 Å². The third-order valence-electron chi connectivity index (χ3n) is 11.0. The van der Waals surface area contributed by atoms with E-state index in [0.717, 1.165) is 0 Å². The smallest absolute Gasteiger partial charge is 0.0165 e. The molecule has 0 amide bonds. The molecular weight excluding hydrogens is 589 g/mol. The molecule has 0 spiro atoms. The maximum absolute atomic E-state index is 2.41. The molecule has 0 unspecified atom stereocenters. The molecule has 230 valence electrons. The maximum Gasteiger partial charge on any atom is 0.0165 e. The molecule has 0 bridgehead atoms. The van der Waals surface area contributed by atoms with E-state index in [1.54, 1.807) is 0 Å². The van der Waals surface area contributed by atoms with Crippen LogP contribution in [-0.4, -0.2) is 0 Å². The first-order valence-corrected chi connectivity index (χ1v) is 17.3. The Balaban J connectivity index is 1.14. The van der Waals surface area contributed by atoms with Gasteiger partial charge in [-0.15, -0.1) is 0 Å². The molecule has 0 saturated heterocycles. The van der Waals surface area contributed by atoms with Crippen molar-refractivity contribution in [2.75, 3.05) is 0 Å². The monoisotopic (exact) mass is 622 g/mol. The Labute approximate surface area is 286 Å². The minimum atomic E-state index is -0.102. The molecule has 49 heavy (non-hydrogen) atoms. The van der Waals surface area contributed by atoms with E-state index in [2.05, 4.69) is 184 Å². The first kappa shape index (κ1) is 28.1. The summed E-state index contributed by atoms with van der Waals surface area (Å²) >= 11 is 0. The van der Waals surface area contributed by atoms with E-state index in [9.17, 15) is 0 Å². The van der Waals surface area contributed by atoms with Crippen LogP contribution in [0.4, 0.5) is 0 Å². The number of hydrogen-bond donors (Lipinski definition) is 0. The van der Waals surface area contributed by atoms with E-state index < -0.39 is 0 Å². The van der Waals surface area contributed by atoms with Gasteiger partial charge in [0.15, 0.2) is 0 Å². The minimum absolute atomic E-state index is 0.102. The Hall–Kier alpha value is -5.98. The van der Waals surface area contributed by atoms with Gasteiger partial charge >= 0.3 is 0 Å². The summed E-state index contributed by atoms with van der Waals surface area (Å²) in [6, 6.07) is 63.1. The molecule has 0 heteroatoms. The Morgan fingerprint density at radius 3 is 1.43 bits per heavy atom. The highest BCUT2D eigenvalue weighted by Crippen LogP contribution is 2.53. The van der Waals surface area contributed by atoms with Gasteiger partial charge in [0.2, 0.25) is 0 Å². The maximum atomic E-state index is 2.41. The van der Waals surface area contributed by atoms with Crippen LogP contribution in [0.1, 0.15) is 25.0 Å². The fourth-order valence-electron chi connectivity index (χ4n) is 8.72. The summed E-state index contributed by atoms with van der Waals surface area (Å²) in [7, 11) is 0. The van der Waals surface area contributed by atoms with Crippen LogP contribution in [0.5, 0.6) is 0 Å². The molecule has 0 fully saturated rings. The highest BCUT2D eigenvalue weighted by molar-refractivity contribution is 6.21. The lowest BCUT2D eigenvalue weighted by Crippen LogP contribution is -2.16. The average Bonchev–Trinajstić information content (AvgIpc) is 3.38. The van der Waals surface area contributed by atoms with Crippen LogP contribution >= 0.6 is 0 Å². The van der Waals surface area contributed by atoms with E-state index in [1.165, 1.54) is 98.7 Å². The Morgan fingerprint density at radius 2 is 0.796 bits per heavy atom. The predicted octanol–water partition coefficient (Wildman–Crippen LogP) is 13.6. The van der Waals surface area contributed by atoms with E-state index >= 15 is 0 Å². The van der Waals surface area contributed by atoms with Gasteiger partial charge in [0.05, 0.1) is 0 Å². The van der Waals surface area contributed by atoms with Crippen LogP contribution in [-0.2, 0) is 5.41 Å². The average molecular weight is 623 g/mol. The number of rotatable bonds is 3. The molecule has 9 aromatic rings. The summed E-state index contributed by atoms with van der Waals surface area (Å²) in [5, 5.41) is 10.3. The fraction of sp³-hybridized carbons (Fsp3) is 0.0612. The zero-order chi connectivity index (χ0) is 32.7. The van der Waals surface area contributed by atoms with Gasteiger partial charge in [0.1, 0.15) is 0 Å². The second-order valence-electron chi connectivity index (χ2n) is 14.1. The standard InChI is InChI=1S/C49H34/c1-49(2)45-30-36-15-6-5-14-35(36)29-44(45)43-21-11-20-38(48(43)49)32-23-25-33(26-24-32)46-39-16-7-9-18-41(39)47(42-19-10-8-17-40(42)46)37-27-22-31-12-3-4-13-34(31)28-37/h3-30H,1-2H3. The summed E-state index contributed by atoms with van der Waals surface area (Å²) in [6.07, 6.45) is 0. The van der Waals surface area contributed by atoms with Crippen LogP contribution in [0.25, 0.3) is 87.6 Å². The summed E-state index contributed by atoms with van der Waals surface area (Å²) < 4.78 is 0. The number of fused-ring (bicyclic) bond motifs is 7. The van der Waals surface area contributed by atoms with Crippen molar-refractivity contribution in [1.29, 1.82) is 0 Å². The van der Waals surface area contributed by atoms with Crippen LogP contribution < -0.4 is 0 Å². The van der Waals surface area contributed by atoms with Gasteiger partial charge in [-0.3, -0.25) is 0 Å². The lowest BCUT2D eigenvalue weighted by molar-refractivity contribution is 0.663. The molecule has 1 aliphatic rings. The van der Waals surface area contributed by atoms with Gasteiger partial charge in [-0.05, 0) is 117 Å². The van der Waals surface area contributed by atoms with Gasteiger partial charge in [-0.1, -0.05) is 166 Å². The van der Waals surface area contributed by atoms with Gasteiger partial charge < -0.3 is 0 Å². The third-order valence-corrected chi connectivity index (χ3v) is 11.0. The second-order valence-corrected chi connectivity index (χ2v) is 14.1. The van der Waals surface area contributed by atoms with Crippen molar-refractivity contribution in [3.8, 4) is 44.5 Å². The summed E-state index contributed by atoms with van der Waals surface area (Å²) in [4.78, 5) is 0. The Morgan fingerprint density at radius 1 is 0.327 bits per heavy atom. The predicted molar refractivity (Wildman–Crippen MR) is 210 cm³/mol. The SMILES string of the molecule is CC1(C)c2cc3ccccc3cc2-c2cccc(-c3ccc(-c4c5ccccc5c(-c5ccc6ccccc6c5)c5ccccc45)cc3)c21.